The number of thiazole rings is 1. The van der Waals surface area contributed by atoms with E-state index in [0.29, 0.717) is 24.4 Å². The lowest BCUT2D eigenvalue weighted by atomic mass is 10.1. The number of hydrogen-bond donors (Lipinski definition) is 4. The Bertz CT molecular complexity index is 1150. The Morgan fingerprint density at radius 3 is 2.31 bits per heavy atom. The zero-order chi connectivity index (χ0) is 25.2. The standard InChI is InChI=1S/C25H28ClN5O3S/c26-18-11-9-16(10-12-18)22-23(17-6-2-1-3-7-17)35-25(31-22)29-15-5-4-8-19(24(28)34)30-21(33)14-13-20(27)32/h1-3,6-7,9-12,19H,4-5,8,13-15H2,(H2,27,32)(H2,28,34)(H,29,31)(H,30,33)/t19-/m0/s1. The molecule has 0 aliphatic carbocycles. The van der Waals surface area contributed by atoms with Crippen molar-refractivity contribution in [1.82, 2.24) is 10.3 Å². The Hall–Kier alpha value is -3.43. The molecule has 3 aromatic rings. The van der Waals surface area contributed by atoms with Crippen molar-refractivity contribution in [2.45, 2.75) is 38.1 Å². The molecule has 8 nitrogen and oxygen atoms in total. The number of anilines is 1. The van der Waals surface area contributed by atoms with Crippen molar-refractivity contribution >= 4 is 45.8 Å². The van der Waals surface area contributed by atoms with E-state index in [0.717, 1.165) is 33.3 Å². The average Bonchev–Trinajstić information content (AvgIpc) is 3.27. The molecular weight excluding hydrogens is 486 g/mol. The molecule has 10 heteroatoms. The molecular formula is C25H28ClN5O3S. The highest BCUT2D eigenvalue weighted by atomic mass is 35.5. The van der Waals surface area contributed by atoms with E-state index in [9.17, 15) is 14.4 Å². The number of carbonyl (C=O) groups excluding carboxylic acids is 3. The number of hydrogen-bond acceptors (Lipinski definition) is 6. The average molecular weight is 514 g/mol. The van der Waals surface area contributed by atoms with E-state index in [1.807, 2.05) is 42.5 Å². The predicted molar refractivity (Wildman–Crippen MR) is 140 cm³/mol. The van der Waals surface area contributed by atoms with E-state index in [1.165, 1.54) is 0 Å². The first-order valence-corrected chi connectivity index (χ1v) is 12.5. The van der Waals surface area contributed by atoms with E-state index in [-0.39, 0.29) is 12.8 Å². The minimum atomic E-state index is -0.781. The van der Waals surface area contributed by atoms with E-state index in [2.05, 4.69) is 22.8 Å². The van der Waals surface area contributed by atoms with Crippen LogP contribution in [0.4, 0.5) is 5.13 Å². The molecule has 0 aliphatic rings. The lowest BCUT2D eigenvalue weighted by molar-refractivity contribution is -0.128. The Morgan fingerprint density at radius 2 is 1.66 bits per heavy atom. The van der Waals surface area contributed by atoms with Crippen molar-refractivity contribution in [2.75, 3.05) is 11.9 Å². The summed E-state index contributed by atoms with van der Waals surface area (Å²) in [5, 5.41) is 7.39. The van der Waals surface area contributed by atoms with Crippen LogP contribution in [0.5, 0.6) is 0 Å². The summed E-state index contributed by atoms with van der Waals surface area (Å²) in [4.78, 5) is 40.2. The third kappa shape index (κ3) is 8.08. The third-order valence-corrected chi connectivity index (χ3v) is 6.57. The molecule has 1 atom stereocenters. The van der Waals surface area contributed by atoms with Crippen LogP contribution in [0.15, 0.2) is 54.6 Å². The summed E-state index contributed by atoms with van der Waals surface area (Å²) in [5.41, 5.74) is 13.4. The number of aromatic nitrogens is 1. The van der Waals surface area contributed by atoms with Gasteiger partial charge in [0.15, 0.2) is 5.13 Å². The summed E-state index contributed by atoms with van der Waals surface area (Å²) in [5.74, 6) is -1.60. The molecule has 0 saturated carbocycles. The Balaban J connectivity index is 1.57. The normalized spacial score (nSPS) is 11.6. The van der Waals surface area contributed by atoms with Gasteiger partial charge in [0.05, 0.1) is 10.6 Å². The second-order valence-corrected chi connectivity index (χ2v) is 9.42. The monoisotopic (exact) mass is 513 g/mol. The Kier molecular flexibility index (Phi) is 9.63. The van der Waals surface area contributed by atoms with Crippen LogP contribution in [0.1, 0.15) is 32.1 Å². The number of amides is 3. The van der Waals surface area contributed by atoms with Crippen molar-refractivity contribution in [2.24, 2.45) is 11.5 Å². The number of nitrogens with zero attached hydrogens (tertiary/aromatic N) is 1. The molecule has 1 aromatic heterocycles. The third-order valence-electron chi connectivity index (χ3n) is 5.25. The minimum absolute atomic E-state index is 0.0651. The molecule has 6 N–H and O–H groups in total. The Labute approximate surface area is 213 Å². The number of primary amides is 2. The fourth-order valence-electron chi connectivity index (χ4n) is 3.44. The highest BCUT2D eigenvalue weighted by molar-refractivity contribution is 7.19. The van der Waals surface area contributed by atoms with Crippen LogP contribution in [-0.2, 0) is 14.4 Å². The van der Waals surface area contributed by atoms with Gasteiger partial charge < -0.3 is 22.1 Å². The van der Waals surface area contributed by atoms with E-state index >= 15 is 0 Å². The van der Waals surface area contributed by atoms with E-state index < -0.39 is 23.8 Å². The first kappa shape index (κ1) is 26.2. The number of rotatable bonds is 13. The number of halogens is 1. The molecule has 0 saturated heterocycles. The lowest BCUT2D eigenvalue weighted by Crippen LogP contribution is -2.44. The summed E-state index contributed by atoms with van der Waals surface area (Å²) in [6, 6.07) is 16.9. The van der Waals surface area contributed by atoms with Gasteiger partial charge in [-0.2, -0.15) is 0 Å². The maximum atomic E-state index is 11.9. The summed E-state index contributed by atoms with van der Waals surface area (Å²) in [7, 11) is 0. The highest BCUT2D eigenvalue weighted by Crippen LogP contribution is 2.39. The maximum Gasteiger partial charge on any atom is 0.239 e. The number of benzene rings is 2. The van der Waals surface area contributed by atoms with Crippen LogP contribution in [0, 0.1) is 0 Å². The lowest BCUT2D eigenvalue weighted by Gasteiger charge is -2.15. The van der Waals surface area contributed by atoms with Gasteiger partial charge in [-0.05, 0) is 37.0 Å². The molecule has 0 unspecified atom stereocenters. The van der Waals surface area contributed by atoms with Crippen LogP contribution in [0.25, 0.3) is 21.7 Å². The van der Waals surface area contributed by atoms with Crippen LogP contribution in [-0.4, -0.2) is 35.3 Å². The van der Waals surface area contributed by atoms with Crippen molar-refractivity contribution in [3.63, 3.8) is 0 Å². The molecule has 0 spiro atoms. The molecule has 3 amide bonds. The van der Waals surface area contributed by atoms with Crippen LogP contribution in [0.2, 0.25) is 5.02 Å². The fraction of sp³-hybridized carbons (Fsp3) is 0.280. The largest absolute Gasteiger partial charge is 0.370 e. The van der Waals surface area contributed by atoms with Crippen LogP contribution >= 0.6 is 22.9 Å². The van der Waals surface area contributed by atoms with Gasteiger partial charge in [-0.25, -0.2) is 4.98 Å². The molecule has 1 heterocycles. The van der Waals surface area contributed by atoms with Crippen LogP contribution in [0.3, 0.4) is 0 Å². The van der Waals surface area contributed by atoms with Gasteiger partial charge in [-0.3, -0.25) is 14.4 Å². The summed E-state index contributed by atoms with van der Waals surface area (Å²) >= 11 is 7.63. The Morgan fingerprint density at radius 1 is 0.943 bits per heavy atom. The number of unbranched alkanes of at least 4 members (excludes halogenated alkanes) is 1. The minimum Gasteiger partial charge on any atom is -0.370 e. The SMILES string of the molecule is NC(=O)CCC(=O)N[C@@H](CCCCNc1nc(-c2ccc(Cl)cc2)c(-c2ccccc2)s1)C(N)=O. The summed E-state index contributed by atoms with van der Waals surface area (Å²) < 4.78 is 0. The molecule has 3 rings (SSSR count). The van der Waals surface area contributed by atoms with E-state index in [1.54, 1.807) is 11.3 Å². The molecule has 0 fully saturated rings. The zero-order valence-electron chi connectivity index (χ0n) is 19.1. The number of nitrogens with one attached hydrogen (secondary N) is 2. The first-order valence-electron chi connectivity index (χ1n) is 11.3. The maximum absolute atomic E-state index is 11.9. The molecule has 0 aliphatic heterocycles. The van der Waals surface area contributed by atoms with Gasteiger partial charge in [-0.1, -0.05) is 65.4 Å². The molecule has 184 valence electrons. The highest BCUT2D eigenvalue weighted by Gasteiger charge is 2.18. The van der Waals surface area contributed by atoms with Crippen molar-refractivity contribution in [3.05, 3.63) is 59.6 Å². The topological polar surface area (TPSA) is 140 Å². The zero-order valence-corrected chi connectivity index (χ0v) is 20.7. The predicted octanol–water partition coefficient (Wildman–Crippen LogP) is 3.95. The van der Waals surface area contributed by atoms with Gasteiger partial charge >= 0.3 is 0 Å². The quantitative estimate of drug-likeness (QED) is 0.256. The van der Waals surface area contributed by atoms with Gasteiger partial charge in [0.1, 0.15) is 6.04 Å². The van der Waals surface area contributed by atoms with Crippen molar-refractivity contribution in [3.8, 4) is 21.7 Å². The van der Waals surface area contributed by atoms with Crippen LogP contribution < -0.4 is 22.1 Å². The van der Waals surface area contributed by atoms with Gasteiger partial charge in [-0.15, -0.1) is 0 Å². The molecule has 0 radical (unpaired) electrons. The first-order chi connectivity index (χ1) is 16.8. The van der Waals surface area contributed by atoms with Crippen molar-refractivity contribution < 1.29 is 14.4 Å². The summed E-state index contributed by atoms with van der Waals surface area (Å²) in [6.07, 6.45) is 1.68. The number of carbonyl (C=O) groups is 3. The second kappa shape index (κ2) is 12.9. The van der Waals surface area contributed by atoms with Gasteiger partial charge in [0.25, 0.3) is 0 Å². The summed E-state index contributed by atoms with van der Waals surface area (Å²) in [6.45, 7) is 0.642. The van der Waals surface area contributed by atoms with E-state index in [4.69, 9.17) is 28.1 Å². The number of nitrogens with two attached hydrogens (primary N) is 2. The molecule has 2 aromatic carbocycles. The van der Waals surface area contributed by atoms with Gasteiger partial charge in [0, 0.05) is 30.0 Å². The van der Waals surface area contributed by atoms with Gasteiger partial charge in [0.2, 0.25) is 17.7 Å². The molecule has 0 bridgehead atoms. The smallest absolute Gasteiger partial charge is 0.239 e. The second-order valence-electron chi connectivity index (χ2n) is 7.98. The van der Waals surface area contributed by atoms with Crippen molar-refractivity contribution in [1.29, 1.82) is 0 Å². The fourth-order valence-corrected chi connectivity index (χ4v) is 4.59. The molecule has 35 heavy (non-hydrogen) atoms.